The average Bonchev–Trinajstić information content (AvgIpc) is 2.81. The summed E-state index contributed by atoms with van der Waals surface area (Å²) in [6, 6.07) is 4.37. The molecule has 0 aromatic heterocycles. The highest BCUT2D eigenvalue weighted by Crippen LogP contribution is 2.28. The Morgan fingerprint density at radius 3 is 2.51 bits per heavy atom. The van der Waals surface area contributed by atoms with Crippen molar-refractivity contribution in [2.24, 2.45) is 0 Å². The van der Waals surface area contributed by atoms with Crippen molar-refractivity contribution in [1.82, 2.24) is 25.1 Å². The third-order valence-corrected chi connectivity index (χ3v) is 6.42. The van der Waals surface area contributed by atoms with Gasteiger partial charge in [0.2, 0.25) is 11.8 Å². The van der Waals surface area contributed by atoms with Crippen LogP contribution in [0.5, 0.6) is 0 Å². The van der Waals surface area contributed by atoms with Gasteiger partial charge in [-0.25, -0.2) is 19.2 Å². The molecule has 192 valence electrons. The topological polar surface area (TPSA) is 114 Å². The average molecular weight is 492 g/mol. The summed E-state index contributed by atoms with van der Waals surface area (Å²) in [5.41, 5.74) is 0.711. The number of aliphatic carboxylic acids is 1. The molecule has 2 N–H and O–H groups in total. The minimum absolute atomic E-state index is 0.0172. The minimum Gasteiger partial charge on any atom is -0.481 e. The smallest absolute Gasteiger partial charge is 0.334 e. The maximum Gasteiger partial charge on any atom is 0.334 e. The van der Waals surface area contributed by atoms with Crippen LogP contribution in [0.3, 0.4) is 0 Å². The molecule has 2 atom stereocenters. The van der Waals surface area contributed by atoms with Crippen molar-refractivity contribution < 1.29 is 28.7 Å². The first-order valence-corrected chi connectivity index (χ1v) is 12.1. The van der Waals surface area contributed by atoms with E-state index in [4.69, 9.17) is 0 Å². The number of nitrogens with one attached hydrogen (secondary N) is 1. The fourth-order valence-corrected chi connectivity index (χ4v) is 4.63. The molecule has 0 radical (unpaired) electrons. The fraction of sp³-hybridized carbons (Fsp3) is 0.583. The minimum atomic E-state index is -1.05. The lowest BCUT2D eigenvalue weighted by Crippen LogP contribution is -2.76. The van der Waals surface area contributed by atoms with Crippen LogP contribution >= 0.6 is 0 Å². The van der Waals surface area contributed by atoms with E-state index in [1.165, 1.54) is 27.1 Å². The number of benzene rings is 1. The fourth-order valence-electron chi connectivity index (χ4n) is 4.63. The van der Waals surface area contributed by atoms with Crippen LogP contribution in [-0.4, -0.2) is 87.6 Å². The molecule has 2 aliphatic heterocycles. The maximum absolute atomic E-state index is 13.3. The Hall–Kier alpha value is -3.21. The molecular weight excluding hydrogens is 457 g/mol. The van der Waals surface area contributed by atoms with Crippen LogP contribution in [0.15, 0.2) is 24.3 Å². The number of piperazine rings is 1. The number of amides is 4. The van der Waals surface area contributed by atoms with Crippen molar-refractivity contribution >= 4 is 23.8 Å². The van der Waals surface area contributed by atoms with Gasteiger partial charge in [-0.2, -0.15) is 0 Å². The molecule has 11 heteroatoms. The Kier molecular flexibility index (Phi) is 9.02. The molecule has 2 saturated heterocycles. The van der Waals surface area contributed by atoms with E-state index >= 15 is 0 Å². The van der Waals surface area contributed by atoms with Crippen LogP contribution in [0.25, 0.3) is 0 Å². The highest BCUT2D eigenvalue weighted by molar-refractivity contribution is 5.91. The highest BCUT2D eigenvalue weighted by atomic mass is 19.1. The number of unbranched alkanes of at least 4 members (excludes halogenated alkanes) is 3. The molecule has 0 spiro atoms. The van der Waals surface area contributed by atoms with E-state index in [0.717, 1.165) is 25.7 Å². The zero-order valence-corrected chi connectivity index (χ0v) is 20.3. The summed E-state index contributed by atoms with van der Waals surface area (Å²) < 4.78 is 13.2. The first kappa shape index (κ1) is 26.4. The van der Waals surface area contributed by atoms with E-state index in [-0.39, 0.29) is 50.1 Å². The Bertz CT molecular complexity index is 927. The van der Waals surface area contributed by atoms with Gasteiger partial charge in [-0.15, -0.1) is 0 Å². The number of halogens is 1. The van der Waals surface area contributed by atoms with Gasteiger partial charge >= 0.3 is 12.0 Å². The summed E-state index contributed by atoms with van der Waals surface area (Å²) in [5, 5.41) is 14.9. The number of hydrogen-bond donors (Lipinski definition) is 2. The van der Waals surface area contributed by atoms with Crippen molar-refractivity contribution in [3.8, 4) is 0 Å². The molecule has 2 heterocycles. The van der Waals surface area contributed by atoms with Crippen LogP contribution < -0.4 is 5.32 Å². The number of hydrogen-bond acceptors (Lipinski definition) is 5. The second-order valence-electron chi connectivity index (χ2n) is 9.02. The number of urea groups is 1. The number of fused-ring (bicyclic) bond motifs is 1. The summed E-state index contributed by atoms with van der Waals surface area (Å²) >= 11 is 0. The van der Waals surface area contributed by atoms with Crippen molar-refractivity contribution in [3.05, 3.63) is 35.6 Å². The van der Waals surface area contributed by atoms with Gasteiger partial charge < -0.3 is 20.2 Å². The normalized spacial score (nSPS) is 20.7. The highest BCUT2D eigenvalue weighted by Gasteiger charge is 2.50. The molecule has 4 amide bonds. The van der Waals surface area contributed by atoms with E-state index < -0.39 is 24.2 Å². The zero-order valence-electron chi connectivity index (χ0n) is 20.3. The number of hydrazine groups is 1. The molecule has 0 saturated carbocycles. The van der Waals surface area contributed by atoms with Crippen LogP contribution in [-0.2, 0) is 20.9 Å². The molecule has 2 fully saturated rings. The number of rotatable bonds is 10. The maximum atomic E-state index is 13.3. The predicted molar refractivity (Wildman–Crippen MR) is 125 cm³/mol. The van der Waals surface area contributed by atoms with Crippen LogP contribution in [0.1, 0.15) is 51.0 Å². The van der Waals surface area contributed by atoms with Crippen LogP contribution in [0, 0.1) is 5.82 Å². The molecule has 0 bridgehead atoms. The molecule has 0 aliphatic carbocycles. The molecule has 35 heavy (non-hydrogen) atoms. The van der Waals surface area contributed by atoms with Crippen LogP contribution in [0.2, 0.25) is 0 Å². The molecule has 3 rings (SSSR count). The quantitative estimate of drug-likeness (QED) is 0.484. The molecule has 1 aromatic rings. The van der Waals surface area contributed by atoms with Crippen LogP contribution in [0.4, 0.5) is 9.18 Å². The second-order valence-corrected chi connectivity index (χ2v) is 9.02. The van der Waals surface area contributed by atoms with Crippen molar-refractivity contribution in [1.29, 1.82) is 0 Å². The van der Waals surface area contributed by atoms with E-state index in [1.807, 2.05) is 0 Å². The second kappa shape index (κ2) is 12.0. The Morgan fingerprint density at radius 1 is 1.14 bits per heavy atom. The lowest BCUT2D eigenvalue weighted by molar-refractivity contribution is -0.187. The number of nitrogens with zero attached hydrogens (tertiary/aromatic N) is 4. The Labute approximate surface area is 204 Å². The zero-order chi connectivity index (χ0) is 25.5. The van der Waals surface area contributed by atoms with Gasteiger partial charge in [-0.3, -0.25) is 14.4 Å². The summed E-state index contributed by atoms with van der Waals surface area (Å²) in [6.45, 7) is 2.77. The summed E-state index contributed by atoms with van der Waals surface area (Å²) in [4.78, 5) is 53.8. The van der Waals surface area contributed by atoms with Gasteiger partial charge in [0.1, 0.15) is 18.0 Å². The third kappa shape index (κ3) is 6.47. The van der Waals surface area contributed by atoms with E-state index in [2.05, 4.69) is 12.2 Å². The van der Waals surface area contributed by atoms with Gasteiger partial charge in [0.25, 0.3) is 0 Å². The van der Waals surface area contributed by atoms with E-state index in [9.17, 15) is 28.7 Å². The number of carbonyl (C=O) groups is 4. The lowest BCUT2D eigenvalue weighted by Gasteiger charge is -2.54. The molecule has 1 aromatic carbocycles. The number of carbonyl (C=O) groups excluding carboxylic acids is 3. The largest absolute Gasteiger partial charge is 0.481 e. The first-order chi connectivity index (χ1) is 16.7. The number of likely N-dealkylation sites (N-methyl/N-ethyl adjacent to an activating group) is 1. The summed E-state index contributed by atoms with van der Waals surface area (Å²) in [7, 11) is 1.63. The number of carboxylic acid groups (broad SMARTS) is 1. The van der Waals surface area contributed by atoms with Gasteiger partial charge in [0, 0.05) is 26.6 Å². The third-order valence-electron chi connectivity index (χ3n) is 6.42. The Morgan fingerprint density at radius 2 is 1.86 bits per heavy atom. The van der Waals surface area contributed by atoms with Gasteiger partial charge in [-0.05, 0) is 30.5 Å². The van der Waals surface area contributed by atoms with E-state index in [0.29, 0.717) is 12.1 Å². The SMILES string of the molecule is CCCCCCN1C[C@H]2N(C(=O)CN(C)N2C(=O)NCc2ccc(F)cc2)[C@@H](CCC(=O)O)C1=O. The molecule has 10 nitrogen and oxygen atoms in total. The van der Waals surface area contributed by atoms with Crippen molar-refractivity contribution in [2.45, 2.75) is 64.2 Å². The van der Waals surface area contributed by atoms with Gasteiger partial charge in [0.05, 0.1) is 13.1 Å². The molecule has 2 aliphatic rings. The Balaban J connectivity index is 1.81. The number of carboxylic acids is 1. The summed E-state index contributed by atoms with van der Waals surface area (Å²) in [6.07, 6.45) is 2.80. The van der Waals surface area contributed by atoms with Crippen molar-refractivity contribution in [3.63, 3.8) is 0 Å². The van der Waals surface area contributed by atoms with E-state index in [1.54, 1.807) is 24.1 Å². The standard InChI is InChI=1S/C24H34FN5O5/c1-3-4-5-6-13-28-15-20-29(19(23(28)34)11-12-22(32)33)21(31)16-27(2)30(20)24(35)26-14-17-7-9-18(25)10-8-17/h7-10,19-20H,3-6,11-16H2,1-2H3,(H,26,35)(H,32,33)/t19-,20-/m0/s1. The molecule has 0 unspecified atom stereocenters. The van der Waals surface area contributed by atoms with Gasteiger partial charge in [-0.1, -0.05) is 38.3 Å². The predicted octanol–water partition coefficient (Wildman–Crippen LogP) is 2.01. The summed E-state index contributed by atoms with van der Waals surface area (Å²) in [5.74, 6) is -2.02. The first-order valence-electron chi connectivity index (χ1n) is 12.1. The molecular formula is C24H34FN5O5. The van der Waals surface area contributed by atoms with Crippen molar-refractivity contribution in [2.75, 3.05) is 26.7 Å². The van der Waals surface area contributed by atoms with Gasteiger partial charge in [0.15, 0.2) is 0 Å². The monoisotopic (exact) mass is 491 g/mol. The lowest BCUT2D eigenvalue weighted by atomic mass is 10.0.